The first kappa shape index (κ1) is 13.1. The summed E-state index contributed by atoms with van der Waals surface area (Å²) in [5, 5.41) is 8.65. The van der Waals surface area contributed by atoms with E-state index in [9.17, 15) is 4.79 Å². The highest BCUT2D eigenvalue weighted by atomic mass is 16.1. The molecule has 3 rings (SSSR count). The standard InChI is InChI=1S/C17H20N2O/c1-18-11-3-6-16(20)19-15-10-9-13-8-7-12-4-2-5-14(15)17(12)13/h2,4-5,9-10,18H,3,6-8,11H2,1H3,(H,19,20). The summed E-state index contributed by atoms with van der Waals surface area (Å²) in [6.45, 7) is 0.872. The molecule has 0 bridgehead atoms. The second kappa shape index (κ2) is 5.63. The van der Waals surface area contributed by atoms with Crippen LogP contribution in [0.2, 0.25) is 0 Å². The summed E-state index contributed by atoms with van der Waals surface area (Å²) in [6.07, 6.45) is 3.66. The maximum atomic E-state index is 12.0. The van der Waals surface area contributed by atoms with Crippen molar-refractivity contribution in [2.24, 2.45) is 0 Å². The Morgan fingerprint density at radius 3 is 2.75 bits per heavy atom. The van der Waals surface area contributed by atoms with Crippen LogP contribution in [-0.2, 0) is 17.6 Å². The predicted octanol–water partition coefficient (Wildman–Crippen LogP) is 2.88. The Labute approximate surface area is 119 Å². The lowest BCUT2D eigenvalue weighted by Gasteiger charge is -2.10. The SMILES string of the molecule is CNCCCC(=O)Nc1ccc2c3c(cccc13)CC2. The van der Waals surface area contributed by atoms with Gasteiger partial charge in [0.2, 0.25) is 5.91 Å². The molecule has 1 aliphatic rings. The molecule has 0 aliphatic heterocycles. The molecule has 20 heavy (non-hydrogen) atoms. The van der Waals surface area contributed by atoms with E-state index in [-0.39, 0.29) is 5.91 Å². The Bertz CT molecular complexity index is 638. The molecule has 0 spiro atoms. The van der Waals surface area contributed by atoms with Crippen molar-refractivity contribution in [1.82, 2.24) is 5.32 Å². The molecule has 104 valence electrons. The number of aryl methyl sites for hydroxylation is 2. The Balaban J connectivity index is 1.84. The van der Waals surface area contributed by atoms with Crippen LogP contribution in [0.5, 0.6) is 0 Å². The molecule has 0 aromatic heterocycles. The predicted molar refractivity (Wildman–Crippen MR) is 83.1 cm³/mol. The van der Waals surface area contributed by atoms with E-state index in [0.717, 1.165) is 31.5 Å². The molecule has 2 aromatic carbocycles. The van der Waals surface area contributed by atoms with Gasteiger partial charge in [-0.1, -0.05) is 24.3 Å². The van der Waals surface area contributed by atoms with E-state index in [0.29, 0.717) is 6.42 Å². The van der Waals surface area contributed by atoms with Gasteiger partial charge >= 0.3 is 0 Å². The largest absolute Gasteiger partial charge is 0.326 e. The van der Waals surface area contributed by atoms with Gasteiger partial charge < -0.3 is 10.6 Å². The zero-order chi connectivity index (χ0) is 13.9. The van der Waals surface area contributed by atoms with Crippen LogP contribution < -0.4 is 10.6 Å². The van der Waals surface area contributed by atoms with Gasteiger partial charge in [0.25, 0.3) is 0 Å². The number of carbonyl (C=O) groups is 1. The second-order valence-electron chi connectivity index (χ2n) is 5.37. The van der Waals surface area contributed by atoms with Gasteiger partial charge in [0.1, 0.15) is 0 Å². The van der Waals surface area contributed by atoms with Gasteiger partial charge in [0.15, 0.2) is 0 Å². The minimum Gasteiger partial charge on any atom is -0.326 e. The maximum absolute atomic E-state index is 12.0. The molecule has 2 aromatic rings. The first-order valence-electron chi connectivity index (χ1n) is 7.27. The lowest BCUT2D eigenvalue weighted by molar-refractivity contribution is -0.116. The molecule has 1 amide bonds. The van der Waals surface area contributed by atoms with Crippen molar-refractivity contribution in [2.45, 2.75) is 25.7 Å². The van der Waals surface area contributed by atoms with E-state index in [1.807, 2.05) is 13.1 Å². The third kappa shape index (κ3) is 2.41. The zero-order valence-electron chi connectivity index (χ0n) is 11.8. The van der Waals surface area contributed by atoms with Crippen molar-refractivity contribution in [3.05, 3.63) is 41.5 Å². The number of nitrogens with one attached hydrogen (secondary N) is 2. The quantitative estimate of drug-likeness (QED) is 0.819. The van der Waals surface area contributed by atoms with E-state index >= 15 is 0 Å². The molecule has 0 unspecified atom stereocenters. The summed E-state index contributed by atoms with van der Waals surface area (Å²) in [7, 11) is 1.90. The number of hydrogen-bond acceptors (Lipinski definition) is 2. The van der Waals surface area contributed by atoms with Gasteiger partial charge in [0.05, 0.1) is 0 Å². The average Bonchev–Trinajstić information content (AvgIpc) is 2.87. The topological polar surface area (TPSA) is 41.1 Å². The van der Waals surface area contributed by atoms with Crippen LogP contribution in [0.3, 0.4) is 0 Å². The van der Waals surface area contributed by atoms with Crippen LogP contribution in [0.25, 0.3) is 10.8 Å². The fraction of sp³-hybridized carbons (Fsp3) is 0.353. The van der Waals surface area contributed by atoms with Crippen LogP contribution in [0.1, 0.15) is 24.0 Å². The molecule has 0 fully saturated rings. The van der Waals surface area contributed by atoms with E-state index in [1.54, 1.807) is 0 Å². The van der Waals surface area contributed by atoms with Crippen molar-refractivity contribution < 1.29 is 4.79 Å². The smallest absolute Gasteiger partial charge is 0.224 e. The summed E-state index contributed by atoms with van der Waals surface area (Å²) in [4.78, 5) is 12.0. The number of rotatable bonds is 5. The normalized spacial score (nSPS) is 12.8. The zero-order valence-corrected chi connectivity index (χ0v) is 11.8. The molecule has 2 N–H and O–H groups in total. The highest BCUT2D eigenvalue weighted by Gasteiger charge is 2.16. The first-order chi connectivity index (χ1) is 9.79. The number of amides is 1. The fourth-order valence-electron chi connectivity index (χ4n) is 2.99. The summed E-state index contributed by atoms with van der Waals surface area (Å²) in [6, 6.07) is 10.6. The molecule has 0 radical (unpaired) electrons. The van der Waals surface area contributed by atoms with Crippen LogP contribution in [0, 0.1) is 0 Å². The number of hydrogen-bond donors (Lipinski definition) is 2. The van der Waals surface area contributed by atoms with E-state index in [4.69, 9.17) is 0 Å². The maximum Gasteiger partial charge on any atom is 0.224 e. The first-order valence-corrected chi connectivity index (χ1v) is 7.27. The molecular weight excluding hydrogens is 248 g/mol. The van der Waals surface area contributed by atoms with Gasteiger partial charge in [-0.25, -0.2) is 0 Å². The summed E-state index contributed by atoms with van der Waals surface area (Å²) < 4.78 is 0. The molecule has 3 heteroatoms. The molecule has 3 nitrogen and oxygen atoms in total. The van der Waals surface area contributed by atoms with Crippen LogP contribution >= 0.6 is 0 Å². The van der Waals surface area contributed by atoms with E-state index < -0.39 is 0 Å². The van der Waals surface area contributed by atoms with E-state index in [2.05, 4.69) is 34.9 Å². The molecule has 0 saturated carbocycles. The number of carbonyl (C=O) groups excluding carboxylic acids is 1. The molecule has 1 aliphatic carbocycles. The van der Waals surface area contributed by atoms with Gasteiger partial charge in [-0.15, -0.1) is 0 Å². The minimum atomic E-state index is 0.0962. The Morgan fingerprint density at radius 2 is 1.95 bits per heavy atom. The summed E-state index contributed by atoms with van der Waals surface area (Å²) >= 11 is 0. The lowest BCUT2D eigenvalue weighted by Crippen LogP contribution is -2.15. The Hall–Kier alpha value is -1.87. The number of anilines is 1. The van der Waals surface area contributed by atoms with Crippen molar-refractivity contribution in [3.63, 3.8) is 0 Å². The molecule has 0 atom stereocenters. The average molecular weight is 268 g/mol. The van der Waals surface area contributed by atoms with Gasteiger partial charge in [-0.2, -0.15) is 0 Å². The second-order valence-corrected chi connectivity index (χ2v) is 5.37. The summed E-state index contributed by atoms with van der Waals surface area (Å²) in [5.74, 6) is 0.0962. The number of benzene rings is 2. The van der Waals surface area contributed by atoms with Crippen molar-refractivity contribution >= 4 is 22.4 Å². The molecular formula is C17H20N2O. The fourth-order valence-corrected chi connectivity index (χ4v) is 2.99. The van der Waals surface area contributed by atoms with Crippen molar-refractivity contribution in [2.75, 3.05) is 18.9 Å². The lowest BCUT2D eigenvalue weighted by atomic mass is 10.0. The van der Waals surface area contributed by atoms with Gasteiger partial charge in [0, 0.05) is 17.5 Å². The Kier molecular flexibility index (Phi) is 3.70. The van der Waals surface area contributed by atoms with Gasteiger partial charge in [-0.05, 0) is 55.4 Å². The van der Waals surface area contributed by atoms with Crippen molar-refractivity contribution in [1.29, 1.82) is 0 Å². The highest BCUT2D eigenvalue weighted by molar-refractivity contribution is 6.05. The third-order valence-electron chi connectivity index (χ3n) is 3.98. The molecule has 0 saturated heterocycles. The monoisotopic (exact) mass is 268 g/mol. The van der Waals surface area contributed by atoms with Crippen LogP contribution in [0.15, 0.2) is 30.3 Å². The minimum absolute atomic E-state index is 0.0962. The van der Waals surface area contributed by atoms with Crippen LogP contribution in [0.4, 0.5) is 5.69 Å². The summed E-state index contributed by atoms with van der Waals surface area (Å²) in [5.41, 5.74) is 3.76. The third-order valence-corrected chi connectivity index (χ3v) is 3.98. The van der Waals surface area contributed by atoms with Gasteiger partial charge in [-0.3, -0.25) is 4.79 Å². The van der Waals surface area contributed by atoms with E-state index in [1.165, 1.54) is 21.9 Å². The molecule has 0 heterocycles. The van der Waals surface area contributed by atoms with Crippen LogP contribution in [-0.4, -0.2) is 19.5 Å². The Morgan fingerprint density at radius 1 is 1.15 bits per heavy atom. The highest BCUT2D eigenvalue weighted by Crippen LogP contribution is 2.34. The van der Waals surface area contributed by atoms with Crippen molar-refractivity contribution in [3.8, 4) is 0 Å².